The first-order chi connectivity index (χ1) is 11.2. The van der Waals surface area contributed by atoms with Crippen LogP contribution in [0, 0.1) is 0 Å². The third-order valence-corrected chi connectivity index (χ3v) is 5.82. The van der Waals surface area contributed by atoms with Crippen molar-refractivity contribution in [2.45, 2.75) is 11.2 Å². The number of thioether (sulfide) groups is 2. The summed E-state index contributed by atoms with van der Waals surface area (Å²) in [7, 11) is -2.67. The van der Waals surface area contributed by atoms with Gasteiger partial charge in [-0.25, -0.2) is 4.18 Å². The highest BCUT2D eigenvalue weighted by molar-refractivity contribution is 8.18. The van der Waals surface area contributed by atoms with Crippen molar-refractivity contribution in [3.8, 4) is 0 Å². The minimum Gasteiger partial charge on any atom is -0.399 e. The van der Waals surface area contributed by atoms with Crippen molar-refractivity contribution < 1.29 is 27.4 Å². The van der Waals surface area contributed by atoms with Gasteiger partial charge in [-0.15, -0.1) is 23.5 Å². The zero-order valence-electron chi connectivity index (χ0n) is 13.5. The second-order valence-electron chi connectivity index (χ2n) is 4.39. The van der Waals surface area contributed by atoms with Crippen LogP contribution in [-0.4, -0.2) is 59.2 Å². The van der Waals surface area contributed by atoms with Gasteiger partial charge in [0.05, 0.1) is 13.2 Å². The fraction of sp³-hybridized carbons (Fsp3) is 0.538. The molecule has 24 heavy (non-hydrogen) atoms. The number of benzene rings is 1. The summed E-state index contributed by atoms with van der Waals surface area (Å²) >= 11 is 2.06. The molecular weight excluding hydrogens is 376 g/mol. The standard InChI is InChI=1S/C7H10N2.C6H14O6S3/c1-9-7-4-2-6(8)3-5-7;1-6(13-4-2-7,14-5-3-8)12-15(9,10)11/h2-5,9H,8H2,1H3;7-8H,2-5H2,1H3,(H,9,10,11). The van der Waals surface area contributed by atoms with E-state index < -0.39 is 14.7 Å². The molecule has 0 heterocycles. The number of hydrogen-bond acceptors (Lipinski definition) is 9. The molecule has 0 amide bonds. The van der Waals surface area contributed by atoms with Crippen LogP contribution in [-0.2, 0) is 14.6 Å². The second kappa shape index (κ2) is 11.8. The van der Waals surface area contributed by atoms with Crippen LogP contribution in [0.15, 0.2) is 24.3 Å². The van der Waals surface area contributed by atoms with Crippen LogP contribution in [0.5, 0.6) is 0 Å². The van der Waals surface area contributed by atoms with E-state index in [2.05, 4.69) is 9.50 Å². The maximum atomic E-state index is 10.6. The lowest BCUT2D eigenvalue weighted by molar-refractivity contribution is 0.237. The molecule has 0 unspecified atom stereocenters. The molecule has 0 saturated carbocycles. The molecule has 0 saturated heterocycles. The molecule has 1 rings (SSSR count). The maximum Gasteiger partial charge on any atom is 0.399 e. The fourth-order valence-corrected chi connectivity index (χ4v) is 4.43. The Bertz CT molecular complexity index is 545. The third-order valence-electron chi connectivity index (χ3n) is 2.37. The van der Waals surface area contributed by atoms with Crippen molar-refractivity contribution in [2.24, 2.45) is 0 Å². The average molecular weight is 401 g/mol. The van der Waals surface area contributed by atoms with Crippen LogP contribution in [0.3, 0.4) is 0 Å². The van der Waals surface area contributed by atoms with Gasteiger partial charge >= 0.3 is 10.4 Å². The molecule has 11 heteroatoms. The van der Waals surface area contributed by atoms with Gasteiger partial charge in [0, 0.05) is 29.9 Å². The maximum absolute atomic E-state index is 10.6. The molecule has 0 atom stereocenters. The molecule has 0 aromatic heterocycles. The molecule has 0 aliphatic heterocycles. The number of anilines is 2. The molecule has 0 spiro atoms. The smallest absolute Gasteiger partial charge is 0.399 e. The molecule has 1 aromatic carbocycles. The molecule has 0 radical (unpaired) electrons. The van der Waals surface area contributed by atoms with Gasteiger partial charge in [-0.1, -0.05) is 0 Å². The Morgan fingerprint density at radius 1 is 1.17 bits per heavy atom. The van der Waals surface area contributed by atoms with Crippen molar-refractivity contribution in [2.75, 3.05) is 42.8 Å². The Balaban J connectivity index is 0.000000496. The number of nitrogens with one attached hydrogen (secondary N) is 1. The first-order valence-corrected chi connectivity index (χ1v) is 10.2. The average Bonchev–Trinajstić information content (AvgIpc) is 2.51. The van der Waals surface area contributed by atoms with E-state index in [0.717, 1.165) is 34.9 Å². The van der Waals surface area contributed by atoms with Crippen LogP contribution in [0.25, 0.3) is 0 Å². The van der Waals surface area contributed by atoms with Crippen molar-refractivity contribution >= 4 is 45.3 Å². The van der Waals surface area contributed by atoms with Gasteiger partial charge < -0.3 is 21.3 Å². The van der Waals surface area contributed by atoms with Crippen LogP contribution in [0.4, 0.5) is 11.4 Å². The number of aliphatic hydroxyl groups is 2. The van der Waals surface area contributed by atoms with Crippen molar-refractivity contribution in [3.63, 3.8) is 0 Å². The summed E-state index contributed by atoms with van der Waals surface area (Å²) in [4.78, 5) is 0. The summed E-state index contributed by atoms with van der Waals surface area (Å²) in [5, 5.41) is 20.2. The van der Waals surface area contributed by atoms with E-state index in [4.69, 9.17) is 20.5 Å². The van der Waals surface area contributed by atoms with E-state index in [1.807, 2.05) is 31.3 Å². The summed E-state index contributed by atoms with van der Waals surface area (Å²) in [6.45, 7) is 1.19. The van der Waals surface area contributed by atoms with Crippen molar-refractivity contribution in [1.29, 1.82) is 0 Å². The molecule has 1 aromatic rings. The van der Waals surface area contributed by atoms with Gasteiger partial charge in [-0.3, -0.25) is 4.55 Å². The normalized spacial score (nSPS) is 11.5. The SMILES string of the molecule is CC(OS(=O)(=O)O)(SCCO)SCCO.CNc1ccc(N)cc1. The topological polar surface area (TPSA) is 142 Å². The molecule has 8 nitrogen and oxygen atoms in total. The zero-order chi connectivity index (χ0) is 18.6. The highest BCUT2D eigenvalue weighted by Crippen LogP contribution is 2.38. The molecule has 0 bridgehead atoms. The summed E-state index contributed by atoms with van der Waals surface area (Å²) in [5.74, 6) is 0.537. The van der Waals surface area contributed by atoms with Crippen LogP contribution in [0.2, 0.25) is 0 Å². The quantitative estimate of drug-likeness (QED) is 0.233. The van der Waals surface area contributed by atoms with E-state index in [1.54, 1.807) is 0 Å². The lowest BCUT2D eigenvalue weighted by Gasteiger charge is -2.25. The predicted molar refractivity (Wildman–Crippen MR) is 101 cm³/mol. The Labute approximate surface area is 151 Å². The Kier molecular flexibility index (Phi) is 11.5. The van der Waals surface area contributed by atoms with E-state index in [1.165, 1.54) is 6.92 Å². The first-order valence-electron chi connectivity index (χ1n) is 6.86. The Morgan fingerprint density at radius 2 is 1.62 bits per heavy atom. The number of aliphatic hydroxyl groups excluding tert-OH is 2. The molecule has 6 N–H and O–H groups in total. The monoisotopic (exact) mass is 400 g/mol. The van der Waals surface area contributed by atoms with E-state index in [-0.39, 0.29) is 24.7 Å². The number of rotatable bonds is 9. The Hall–Kier alpha value is -0.690. The molecular formula is C13H24N2O6S3. The number of hydrogen-bond donors (Lipinski definition) is 5. The largest absolute Gasteiger partial charge is 0.399 e. The molecule has 0 fully saturated rings. The van der Waals surface area contributed by atoms with Crippen molar-refractivity contribution in [1.82, 2.24) is 0 Å². The van der Waals surface area contributed by atoms with Gasteiger partial charge in [0.25, 0.3) is 0 Å². The van der Waals surface area contributed by atoms with Crippen molar-refractivity contribution in [3.05, 3.63) is 24.3 Å². The van der Waals surface area contributed by atoms with E-state index in [0.29, 0.717) is 0 Å². The second-order valence-corrected chi connectivity index (χ2v) is 8.62. The summed E-state index contributed by atoms with van der Waals surface area (Å²) in [6, 6.07) is 7.61. The van der Waals surface area contributed by atoms with Crippen LogP contribution >= 0.6 is 23.5 Å². The van der Waals surface area contributed by atoms with Gasteiger partial charge in [0.15, 0.2) is 4.27 Å². The van der Waals surface area contributed by atoms with Gasteiger partial charge in [-0.2, -0.15) is 8.42 Å². The highest BCUT2D eigenvalue weighted by Gasteiger charge is 2.31. The van der Waals surface area contributed by atoms with Gasteiger partial charge in [0.1, 0.15) is 0 Å². The zero-order valence-corrected chi connectivity index (χ0v) is 16.0. The minimum atomic E-state index is -4.55. The summed E-state index contributed by atoms with van der Waals surface area (Å²) in [6.07, 6.45) is 0. The predicted octanol–water partition coefficient (Wildman–Crippen LogP) is 1.24. The van der Waals surface area contributed by atoms with Gasteiger partial charge in [0.2, 0.25) is 0 Å². The van der Waals surface area contributed by atoms with E-state index in [9.17, 15) is 8.42 Å². The highest BCUT2D eigenvalue weighted by atomic mass is 32.3. The summed E-state index contributed by atoms with van der Waals surface area (Å²) in [5.41, 5.74) is 7.34. The van der Waals surface area contributed by atoms with Gasteiger partial charge in [-0.05, 0) is 31.2 Å². The first kappa shape index (κ1) is 23.3. The minimum absolute atomic E-state index is 0.130. The number of nitrogen functional groups attached to an aromatic ring is 1. The Morgan fingerprint density at radius 3 is 1.96 bits per heavy atom. The summed E-state index contributed by atoms with van der Waals surface area (Å²) < 4.78 is 32.9. The fourth-order valence-electron chi connectivity index (χ4n) is 1.39. The van der Waals surface area contributed by atoms with Crippen LogP contribution in [0.1, 0.15) is 6.92 Å². The molecule has 0 aliphatic rings. The van der Waals surface area contributed by atoms with Crippen LogP contribution < -0.4 is 11.1 Å². The van der Waals surface area contributed by atoms with E-state index >= 15 is 0 Å². The molecule has 0 aliphatic carbocycles. The third kappa shape index (κ3) is 11.8. The molecule has 140 valence electrons. The number of nitrogens with two attached hydrogens (primary N) is 1. The lowest BCUT2D eigenvalue weighted by Crippen LogP contribution is -2.26. The lowest BCUT2D eigenvalue weighted by atomic mass is 10.3.